The number of nitrogens with zero attached hydrogens (tertiary/aromatic N) is 2. The topological polar surface area (TPSA) is 83.7 Å². The number of aromatic carboxylic acids is 1. The molecule has 2 heterocycles. The van der Waals surface area contributed by atoms with Gasteiger partial charge in [0.25, 0.3) is 5.91 Å². The molecule has 0 fully saturated rings. The summed E-state index contributed by atoms with van der Waals surface area (Å²) in [7, 11) is 0. The van der Waals surface area contributed by atoms with Gasteiger partial charge in [0.15, 0.2) is 0 Å². The Labute approximate surface area is 189 Å². The van der Waals surface area contributed by atoms with Crippen LogP contribution in [0.4, 0.5) is 0 Å². The average Bonchev–Trinajstić information content (AvgIpc) is 3.25. The van der Waals surface area contributed by atoms with E-state index in [9.17, 15) is 14.7 Å². The van der Waals surface area contributed by atoms with Crippen LogP contribution in [0.25, 0.3) is 5.00 Å². The molecule has 6 nitrogen and oxygen atoms in total. The monoisotopic (exact) mass is 455 g/mol. The van der Waals surface area contributed by atoms with Crippen molar-refractivity contribution in [3.05, 3.63) is 73.9 Å². The number of hydrogen-bond donors (Lipinski definition) is 2. The summed E-state index contributed by atoms with van der Waals surface area (Å²) in [4.78, 5) is 25.5. The fraction of sp³-hybridized carbons (Fsp3) is 0.261. The lowest BCUT2D eigenvalue weighted by Crippen LogP contribution is -2.17. The van der Waals surface area contributed by atoms with Gasteiger partial charge in [0.05, 0.1) is 11.8 Å². The van der Waals surface area contributed by atoms with Crippen LogP contribution < -0.4 is 5.43 Å². The molecule has 8 heteroatoms. The lowest BCUT2D eigenvalue weighted by atomic mass is 9.95. The van der Waals surface area contributed by atoms with E-state index in [1.54, 1.807) is 41.8 Å². The molecular formula is C23H22ClN3O3S. The SMILES string of the molecule is Cc1cc(C=NNC(=O)c2ccc(Cl)cc2)c(C)n1-c1sc2c(c1C(=O)O)CCCC2. The molecule has 0 unspecified atom stereocenters. The molecule has 1 aromatic carbocycles. The van der Waals surface area contributed by atoms with E-state index in [0.29, 0.717) is 16.1 Å². The summed E-state index contributed by atoms with van der Waals surface area (Å²) in [5, 5.41) is 15.3. The van der Waals surface area contributed by atoms with Crippen molar-refractivity contribution in [2.45, 2.75) is 39.5 Å². The predicted molar refractivity (Wildman–Crippen MR) is 123 cm³/mol. The van der Waals surface area contributed by atoms with Crippen LogP contribution in [0.5, 0.6) is 0 Å². The normalized spacial score (nSPS) is 13.4. The van der Waals surface area contributed by atoms with E-state index in [0.717, 1.165) is 53.2 Å². The number of aromatic nitrogens is 1. The van der Waals surface area contributed by atoms with Crippen LogP contribution in [0.15, 0.2) is 35.4 Å². The molecule has 1 aliphatic carbocycles. The van der Waals surface area contributed by atoms with E-state index in [2.05, 4.69) is 10.5 Å². The summed E-state index contributed by atoms with van der Waals surface area (Å²) in [5.41, 5.74) is 6.99. The number of hydrazone groups is 1. The van der Waals surface area contributed by atoms with Crippen LogP contribution in [-0.2, 0) is 12.8 Å². The Morgan fingerprint density at radius 2 is 1.90 bits per heavy atom. The van der Waals surface area contributed by atoms with Crippen LogP contribution in [0.2, 0.25) is 5.02 Å². The minimum atomic E-state index is -0.882. The van der Waals surface area contributed by atoms with Gasteiger partial charge in [0.2, 0.25) is 0 Å². The van der Waals surface area contributed by atoms with Crippen LogP contribution >= 0.6 is 22.9 Å². The van der Waals surface area contributed by atoms with Crippen LogP contribution in [0.3, 0.4) is 0 Å². The van der Waals surface area contributed by atoms with Gasteiger partial charge >= 0.3 is 5.97 Å². The summed E-state index contributed by atoms with van der Waals surface area (Å²) < 4.78 is 1.98. The van der Waals surface area contributed by atoms with Crippen molar-refractivity contribution in [1.29, 1.82) is 0 Å². The largest absolute Gasteiger partial charge is 0.478 e. The molecular weight excluding hydrogens is 434 g/mol. The van der Waals surface area contributed by atoms with E-state index in [1.807, 2.05) is 24.5 Å². The summed E-state index contributed by atoms with van der Waals surface area (Å²) >= 11 is 7.42. The molecule has 2 N–H and O–H groups in total. The first-order chi connectivity index (χ1) is 14.9. The highest BCUT2D eigenvalue weighted by Crippen LogP contribution is 2.38. The van der Waals surface area contributed by atoms with Crippen molar-refractivity contribution >= 4 is 41.0 Å². The molecule has 1 amide bonds. The lowest BCUT2D eigenvalue weighted by molar-refractivity contribution is 0.0695. The fourth-order valence-electron chi connectivity index (χ4n) is 3.99. The maximum atomic E-state index is 12.2. The van der Waals surface area contributed by atoms with E-state index >= 15 is 0 Å². The van der Waals surface area contributed by atoms with Crippen molar-refractivity contribution in [3.8, 4) is 5.00 Å². The number of fused-ring (bicyclic) bond motifs is 1. The molecule has 0 bridgehead atoms. The number of benzene rings is 1. The number of halogens is 1. The van der Waals surface area contributed by atoms with Crippen LogP contribution in [-0.4, -0.2) is 27.8 Å². The van der Waals surface area contributed by atoms with Crippen molar-refractivity contribution in [2.75, 3.05) is 0 Å². The van der Waals surface area contributed by atoms with Gasteiger partial charge in [-0.05, 0) is 75.4 Å². The number of amides is 1. The maximum absolute atomic E-state index is 12.2. The summed E-state index contributed by atoms with van der Waals surface area (Å²) in [6, 6.07) is 8.50. The Morgan fingerprint density at radius 3 is 2.61 bits per heavy atom. The molecule has 0 radical (unpaired) electrons. The van der Waals surface area contributed by atoms with Gasteiger partial charge in [-0.15, -0.1) is 11.3 Å². The minimum Gasteiger partial charge on any atom is -0.478 e. The highest BCUT2D eigenvalue weighted by atomic mass is 35.5. The van der Waals surface area contributed by atoms with Gasteiger partial charge in [-0.25, -0.2) is 10.2 Å². The molecule has 31 heavy (non-hydrogen) atoms. The average molecular weight is 456 g/mol. The van der Waals surface area contributed by atoms with Gasteiger partial charge in [0, 0.05) is 32.4 Å². The maximum Gasteiger partial charge on any atom is 0.339 e. The Kier molecular flexibility index (Phi) is 5.98. The molecule has 0 saturated heterocycles. The minimum absolute atomic E-state index is 0.333. The first kappa shape index (κ1) is 21.3. The molecule has 160 valence electrons. The first-order valence-corrected chi connectivity index (χ1v) is 11.2. The molecule has 0 spiro atoms. The van der Waals surface area contributed by atoms with E-state index in [4.69, 9.17) is 11.6 Å². The third kappa shape index (κ3) is 4.16. The Hall–Kier alpha value is -2.90. The Balaban J connectivity index is 1.62. The van der Waals surface area contributed by atoms with Gasteiger partial charge in [-0.1, -0.05) is 11.6 Å². The van der Waals surface area contributed by atoms with Gasteiger partial charge in [0.1, 0.15) is 5.00 Å². The summed E-state index contributed by atoms with van der Waals surface area (Å²) in [6.07, 6.45) is 5.46. The third-order valence-corrected chi connectivity index (χ3v) is 7.05. The van der Waals surface area contributed by atoms with Gasteiger partial charge in [-0.2, -0.15) is 5.10 Å². The molecule has 2 aromatic heterocycles. The smallest absolute Gasteiger partial charge is 0.339 e. The zero-order chi connectivity index (χ0) is 22.1. The van der Waals surface area contributed by atoms with Crippen LogP contribution in [0.1, 0.15) is 60.9 Å². The summed E-state index contributed by atoms with van der Waals surface area (Å²) in [6.45, 7) is 3.88. The first-order valence-electron chi connectivity index (χ1n) is 10.0. The molecule has 0 aliphatic heterocycles. The molecule has 1 aliphatic rings. The third-order valence-electron chi connectivity index (χ3n) is 5.52. The number of rotatable bonds is 5. The number of carboxylic acids is 1. The number of carbonyl (C=O) groups excluding carboxylic acids is 1. The second-order valence-corrected chi connectivity index (χ2v) is 9.08. The lowest BCUT2D eigenvalue weighted by Gasteiger charge is -2.11. The number of hydrogen-bond acceptors (Lipinski definition) is 4. The Bertz CT molecular complexity index is 1190. The molecule has 0 atom stereocenters. The Morgan fingerprint density at radius 1 is 1.19 bits per heavy atom. The van der Waals surface area contributed by atoms with E-state index in [1.165, 1.54) is 4.88 Å². The highest BCUT2D eigenvalue weighted by Gasteiger charge is 2.27. The van der Waals surface area contributed by atoms with Crippen LogP contribution in [0, 0.1) is 13.8 Å². The van der Waals surface area contributed by atoms with Crippen molar-refractivity contribution in [2.24, 2.45) is 5.10 Å². The van der Waals surface area contributed by atoms with E-state index in [-0.39, 0.29) is 5.91 Å². The number of carbonyl (C=O) groups is 2. The summed E-state index contributed by atoms with van der Waals surface area (Å²) in [5.74, 6) is -1.21. The second-order valence-electron chi connectivity index (χ2n) is 7.56. The molecule has 4 rings (SSSR count). The fourth-order valence-corrected chi connectivity index (χ4v) is 5.60. The number of aryl methyl sites for hydroxylation is 2. The van der Waals surface area contributed by atoms with Gasteiger partial charge in [-0.3, -0.25) is 4.79 Å². The predicted octanol–water partition coefficient (Wildman–Crippen LogP) is 5.15. The zero-order valence-electron chi connectivity index (χ0n) is 17.2. The highest BCUT2D eigenvalue weighted by molar-refractivity contribution is 7.15. The molecule has 0 saturated carbocycles. The number of thiophene rings is 1. The quantitative estimate of drug-likeness (QED) is 0.412. The van der Waals surface area contributed by atoms with Crippen molar-refractivity contribution < 1.29 is 14.7 Å². The van der Waals surface area contributed by atoms with E-state index < -0.39 is 5.97 Å². The van der Waals surface area contributed by atoms with Crippen molar-refractivity contribution in [3.63, 3.8) is 0 Å². The molecule has 3 aromatic rings. The second kappa shape index (κ2) is 8.69. The standard InChI is InChI=1S/C23H22ClN3O3S/c1-13-11-16(12-25-26-21(28)15-7-9-17(24)10-8-15)14(2)27(13)22-20(23(29)30)18-5-3-4-6-19(18)31-22/h7-12H,3-6H2,1-2H3,(H,26,28)(H,29,30). The number of nitrogens with one attached hydrogen (secondary N) is 1. The zero-order valence-corrected chi connectivity index (χ0v) is 18.8. The van der Waals surface area contributed by atoms with Crippen molar-refractivity contribution in [1.82, 2.24) is 9.99 Å². The number of carboxylic acid groups (broad SMARTS) is 1. The van der Waals surface area contributed by atoms with Gasteiger partial charge < -0.3 is 9.67 Å².